The van der Waals surface area contributed by atoms with Gasteiger partial charge >= 0.3 is 0 Å². The van der Waals surface area contributed by atoms with Gasteiger partial charge in [-0.3, -0.25) is 4.79 Å². The van der Waals surface area contributed by atoms with E-state index in [0.717, 1.165) is 22.0 Å². The average Bonchev–Trinajstić information content (AvgIpc) is 3.03. The first kappa shape index (κ1) is 18.3. The number of hydrogen-bond acceptors (Lipinski definition) is 3. The van der Waals surface area contributed by atoms with Gasteiger partial charge in [0.05, 0.1) is 25.3 Å². The van der Waals surface area contributed by atoms with Gasteiger partial charge in [0.25, 0.3) is 0 Å². The Labute approximate surface area is 158 Å². The molecule has 0 aliphatic heterocycles. The molecule has 0 unspecified atom stereocenters. The fraction of sp³-hybridized carbons (Fsp3) is 0.182. The number of amides is 1. The van der Waals surface area contributed by atoms with Crippen molar-refractivity contribution in [2.45, 2.75) is 19.9 Å². The van der Waals surface area contributed by atoms with Crippen LogP contribution in [0, 0.1) is 18.3 Å². The molecule has 0 saturated heterocycles. The molecule has 5 heteroatoms. The van der Waals surface area contributed by atoms with Gasteiger partial charge in [-0.1, -0.05) is 24.3 Å². The van der Waals surface area contributed by atoms with Gasteiger partial charge < -0.3 is 14.6 Å². The summed E-state index contributed by atoms with van der Waals surface area (Å²) < 4.78 is 7.34. The van der Waals surface area contributed by atoms with E-state index in [1.54, 1.807) is 13.2 Å². The molecular formula is C22H21N3O2. The predicted molar refractivity (Wildman–Crippen MR) is 108 cm³/mol. The van der Waals surface area contributed by atoms with E-state index in [1.807, 2.05) is 60.2 Å². The number of fused-ring (bicyclic) bond motifs is 1. The Morgan fingerprint density at radius 3 is 2.89 bits per heavy atom. The van der Waals surface area contributed by atoms with Crippen molar-refractivity contribution in [1.82, 2.24) is 4.57 Å². The molecule has 5 nitrogen and oxygen atoms in total. The Morgan fingerprint density at radius 1 is 1.30 bits per heavy atom. The van der Waals surface area contributed by atoms with E-state index in [4.69, 9.17) is 10.00 Å². The first-order chi connectivity index (χ1) is 13.1. The summed E-state index contributed by atoms with van der Waals surface area (Å²) in [5, 5.41) is 12.8. The van der Waals surface area contributed by atoms with Crippen molar-refractivity contribution in [2.24, 2.45) is 0 Å². The molecule has 0 aliphatic carbocycles. The lowest BCUT2D eigenvalue weighted by Gasteiger charge is -2.09. The number of nitriles is 1. The minimum absolute atomic E-state index is 0.229. The van der Waals surface area contributed by atoms with Gasteiger partial charge in [0, 0.05) is 35.3 Å². The van der Waals surface area contributed by atoms with Crippen molar-refractivity contribution >= 4 is 28.6 Å². The highest BCUT2D eigenvalue weighted by Crippen LogP contribution is 2.26. The molecule has 0 aliphatic rings. The first-order valence-corrected chi connectivity index (χ1v) is 8.71. The molecule has 0 saturated carbocycles. The van der Waals surface area contributed by atoms with Gasteiger partial charge in [-0.05, 0) is 36.8 Å². The molecule has 1 heterocycles. The van der Waals surface area contributed by atoms with Crippen LogP contribution in [0.5, 0.6) is 5.75 Å². The van der Waals surface area contributed by atoms with Gasteiger partial charge in [0.1, 0.15) is 5.75 Å². The third-order valence-corrected chi connectivity index (χ3v) is 4.31. The normalized spacial score (nSPS) is 10.9. The van der Waals surface area contributed by atoms with Crippen molar-refractivity contribution in [3.63, 3.8) is 0 Å². The van der Waals surface area contributed by atoms with Gasteiger partial charge in [-0.25, -0.2) is 0 Å². The quantitative estimate of drug-likeness (QED) is 0.658. The van der Waals surface area contributed by atoms with Crippen LogP contribution in [0.15, 0.2) is 54.7 Å². The number of methoxy groups -OCH3 is 1. The van der Waals surface area contributed by atoms with Crippen LogP contribution in [0.25, 0.3) is 17.0 Å². The molecule has 1 amide bonds. The highest BCUT2D eigenvalue weighted by Gasteiger charge is 2.08. The van der Waals surface area contributed by atoms with Crippen LogP contribution in [0.1, 0.15) is 17.5 Å². The summed E-state index contributed by atoms with van der Waals surface area (Å²) in [4.78, 5) is 12.4. The zero-order valence-electron chi connectivity index (χ0n) is 15.4. The van der Waals surface area contributed by atoms with Crippen molar-refractivity contribution < 1.29 is 9.53 Å². The maximum Gasteiger partial charge on any atom is 0.248 e. The standard InChI is InChI=1S/C22H21N3O2/c1-16-8-10-21(27-2)19(14-16)24-22(26)11-9-17-15-25(13-5-12-23)20-7-4-3-6-18(17)20/h3-4,6-11,14-15H,5,13H2,1-2H3,(H,24,26)/b11-9+. The lowest BCUT2D eigenvalue weighted by Crippen LogP contribution is -2.09. The second kappa shape index (κ2) is 8.24. The van der Waals surface area contributed by atoms with E-state index < -0.39 is 0 Å². The maximum atomic E-state index is 12.4. The Balaban J connectivity index is 1.83. The van der Waals surface area contributed by atoms with Crippen molar-refractivity contribution in [1.29, 1.82) is 5.26 Å². The minimum Gasteiger partial charge on any atom is -0.495 e. The van der Waals surface area contributed by atoms with Crippen LogP contribution < -0.4 is 10.1 Å². The minimum atomic E-state index is -0.229. The molecule has 136 valence electrons. The zero-order chi connectivity index (χ0) is 19.2. The molecule has 1 aromatic heterocycles. The SMILES string of the molecule is COc1ccc(C)cc1NC(=O)/C=C/c1cn(CCC#N)c2ccccc12. The van der Waals surface area contributed by atoms with Crippen LogP contribution in [0.3, 0.4) is 0 Å². The number of carbonyl (C=O) groups excluding carboxylic acids is 1. The largest absolute Gasteiger partial charge is 0.495 e. The van der Waals surface area contributed by atoms with Gasteiger partial charge in [-0.15, -0.1) is 0 Å². The van der Waals surface area contributed by atoms with E-state index in [0.29, 0.717) is 24.4 Å². The molecule has 27 heavy (non-hydrogen) atoms. The molecule has 0 bridgehead atoms. The molecule has 3 aromatic rings. The third-order valence-electron chi connectivity index (χ3n) is 4.31. The summed E-state index contributed by atoms with van der Waals surface area (Å²) in [6.45, 7) is 2.58. The van der Waals surface area contributed by atoms with Gasteiger partial charge in [-0.2, -0.15) is 5.26 Å². The molecule has 0 spiro atoms. The van der Waals surface area contributed by atoms with Gasteiger partial charge in [0.15, 0.2) is 0 Å². The molecule has 2 aromatic carbocycles. The van der Waals surface area contributed by atoms with Gasteiger partial charge in [0.2, 0.25) is 5.91 Å². The molecular weight excluding hydrogens is 338 g/mol. The number of carbonyl (C=O) groups is 1. The number of hydrogen-bond donors (Lipinski definition) is 1. The second-order valence-electron chi connectivity index (χ2n) is 6.23. The summed E-state index contributed by atoms with van der Waals surface area (Å²) in [5.41, 5.74) is 3.67. The Morgan fingerprint density at radius 2 is 2.11 bits per heavy atom. The number of benzene rings is 2. The Kier molecular flexibility index (Phi) is 5.58. The van der Waals surface area contributed by atoms with E-state index >= 15 is 0 Å². The maximum absolute atomic E-state index is 12.4. The predicted octanol–water partition coefficient (Wildman–Crippen LogP) is 4.52. The molecule has 3 rings (SSSR count). The summed E-state index contributed by atoms with van der Waals surface area (Å²) in [6.07, 6.45) is 5.72. The van der Waals surface area contributed by atoms with E-state index in [2.05, 4.69) is 11.4 Å². The van der Waals surface area contributed by atoms with Crippen LogP contribution in [0.4, 0.5) is 5.69 Å². The lowest BCUT2D eigenvalue weighted by molar-refractivity contribution is -0.111. The smallest absolute Gasteiger partial charge is 0.248 e. The fourth-order valence-electron chi connectivity index (χ4n) is 3.02. The second-order valence-corrected chi connectivity index (χ2v) is 6.23. The number of aryl methyl sites for hydroxylation is 2. The third kappa shape index (κ3) is 4.18. The molecule has 0 atom stereocenters. The van der Waals surface area contributed by atoms with E-state index in [1.165, 1.54) is 6.08 Å². The topological polar surface area (TPSA) is 67.0 Å². The highest BCUT2D eigenvalue weighted by molar-refractivity contribution is 6.04. The Hall–Kier alpha value is -3.52. The van der Waals surface area contributed by atoms with Crippen LogP contribution in [-0.2, 0) is 11.3 Å². The lowest BCUT2D eigenvalue weighted by atomic mass is 10.1. The number of rotatable bonds is 6. The number of nitrogens with zero attached hydrogens (tertiary/aromatic N) is 2. The molecule has 0 fully saturated rings. The Bertz CT molecular complexity index is 1040. The summed E-state index contributed by atoms with van der Waals surface area (Å²) in [7, 11) is 1.58. The van der Waals surface area contributed by atoms with Crippen molar-refractivity contribution in [3.05, 3.63) is 65.9 Å². The number of para-hydroxylation sites is 1. The monoisotopic (exact) mass is 359 g/mol. The number of anilines is 1. The van der Waals surface area contributed by atoms with Crippen LogP contribution >= 0.6 is 0 Å². The average molecular weight is 359 g/mol. The fourth-order valence-corrected chi connectivity index (χ4v) is 3.02. The summed E-state index contributed by atoms with van der Waals surface area (Å²) in [6, 6.07) is 15.8. The number of ether oxygens (including phenoxy) is 1. The first-order valence-electron chi connectivity index (χ1n) is 8.71. The summed E-state index contributed by atoms with van der Waals surface area (Å²) >= 11 is 0. The zero-order valence-corrected chi connectivity index (χ0v) is 15.4. The van der Waals surface area contributed by atoms with Crippen molar-refractivity contribution in [3.8, 4) is 11.8 Å². The number of nitrogens with one attached hydrogen (secondary N) is 1. The summed E-state index contributed by atoms with van der Waals surface area (Å²) in [5.74, 6) is 0.392. The molecule has 1 N–H and O–H groups in total. The van der Waals surface area contributed by atoms with Crippen molar-refractivity contribution in [2.75, 3.05) is 12.4 Å². The van der Waals surface area contributed by atoms with E-state index in [-0.39, 0.29) is 5.91 Å². The highest BCUT2D eigenvalue weighted by atomic mass is 16.5. The van der Waals surface area contributed by atoms with Crippen LogP contribution in [0.2, 0.25) is 0 Å². The van der Waals surface area contributed by atoms with Crippen LogP contribution in [-0.4, -0.2) is 17.6 Å². The molecule has 0 radical (unpaired) electrons. The number of aromatic nitrogens is 1. The van der Waals surface area contributed by atoms with E-state index in [9.17, 15) is 4.79 Å².